The van der Waals surface area contributed by atoms with Crippen LogP contribution in [0.4, 0.5) is 11.5 Å². The van der Waals surface area contributed by atoms with Gasteiger partial charge in [0.2, 0.25) is 5.91 Å². The van der Waals surface area contributed by atoms with E-state index in [4.69, 9.17) is 5.73 Å². The first kappa shape index (κ1) is 17.9. The molecule has 1 aliphatic rings. The van der Waals surface area contributed by atoms with Crippen molar-refractivity contribution in [3.8, 4) is 0 Å². The molecular weight excluding hydrogens is 328 g/mol. The first-order chi connectivity index (χ1) is 12.4. The first-order valence-electron chi connectivity index (χ1n) is 8.84. The van der Waals surface area contributed by atoms with E-state index < -0.39 is 0 Å². The number of rotatable bonds is 3. The van der Waals surface area contributed by atoms with Crippen molar-refractivity contribution >= 4 is 23.3 Å². The maximum Gasteiger partial charge on any atom is 0.254 e. The van der Waals surface area contributed by atoms with Crippen molar-refractivity contribution in [2.75, 3.05) is 24.1 Å². The van der Waals surface area contributed by atoms with Crippen LogP contribution in [0.3, 0.4) is 0 Å². The molecule has 0 aliphatic carbocycles. The zero-order chi connectivity index (χ0) is 18.7. The second kappa shape index (κ2) is 7.56. The van der Waals surface area contributed by atoms with Gasteiger partial charge in [-0.2, -0.15) is 0 Å². The summed E-state index contributed by atoms with van der Waals surface area (Å²) < 4.78 is 0. The molecule has 3 N–H and O–H groups in total. The minimum absolute atomic E-state index is 0.0685. The number of nitrogens with zero attached hydrogens (tertiary/aromatic N) is 2. The van der Waals surface area contributed by atoms with Gasteiger partial charge in [-0.05, 0) is 56.5 Å². The third-order valence-electron chi connectivity index (χ3n) is 4.71. The van der Waals surface area contributed by atoms with Gasteiger partial charge in [-0.3, -0.25) is 9.59 Å². The Labute approximate surface area is 153 Å². The summed E-state index contributed by atoms with van der Waals surface area (Å²) in [7, 11) is 0. The lowest BCUT2D eigenvalue weighted by atomic mass is 9.96. The van der Waals surface area contributed by atoms with Crippen LogP contribution in [0.2, 0.25) is 0 Å². The smallest absolute Gasteiger partial charge is 0.254 e. The average molecular weight is 352 g/mol. The Bertz CT molecular complexity index is 834. The number of hydrogen-bond acceptors (Lipinski definition) is 4. The molecule has 0 saturated carbocycles. The fourth-order valence-electron chi connectivity index (χ4n) is 3.26. The van der Waals surface area contributed by atoms with E-state index in [1.165, 1.54) is 0 Å². The van der Waals surface area contributed by atoms with Crippen LogP contribution in [0.25, 0.3) is 0 Å². The highest BCUT2D eigenvalue weighted by atomic mass is 16.2. The SMILES string of the molecule is Cc1cccc(NC(=O)C2CCCN(C(=O)c3cc(N)ccc3C)C2)n1. The molecule has 0 bridgehead atoms. The van der Waals surface area contributed by atoms with Crippen molar-refractivity contribution in [2.45, 2.75) is 26.7 Å². The molecule has 3 rings (SSSR count). The molecule has 0 radical (unpaired) electrons. The van der Waals surface area contributed by atoms with Crippen molar-refractivity contribution in [1.82, 2.24) is 9.88 Å². The van der Waals surface area contributed by atoms with Gasteiger partial charge >= 0.3 is 0 Å². The van der Waals surface area contributed by atoms with Crippen LogP contribution < -0.4 is 11.1 Å². The zero-order valence-corrected chi connectivity index (χ0v) is 15.2. The largest absolute Gasteiger partial charge is 0.399 e. The summed E-state index contributed by atoms with van der Waals surface area (Å²) in [5.74, 6) is 0.146. The van der Waals surface area contributed by atoms with Gasteiger partial charge in [-0.1, -0.05) is 12.1 Å². The number of likely N-dealkylation sites (tertiary alicyclic amines) is 1. The molecule has 1 aromatic carbocycles. The van der Waals surface area contributed by atoms with Crippen LogP contribution in [0.1, 0.15) is 34.5 Å². The third kappa shape index (κ3) is 4.02. The van der Waals surface area contributed by atoms with E-state index >= 15 is 0 Å². The van der Waals surface area contributed by atoms with Crippen LogP contribution >= 0.6 is 0 Å². The summed E-state index contributed by atoms with van der Waals surface area (Å²) in [5.41, 5.74) is 8.73. The molecule has 2 heterocycles. The highest BCUT2D eigenvalue weighted by Crippen LogP contribution is 2.22. The standard InChI is InChI=1S/C20H24N4O2/c1-13-8-9-16(21)11-17(13)20(26)24-10-4-6-15(12-24)19(25)23-18-7-3-5-14(2)22-18/h3,5,7-9,11,15H,4,6,10,12,21H2,1-2H3,(H,22,23,25). The molecule has 1 aromatic heterocycles. The number of amides is 2. The fourth-order valence-corrected chi connectivity index (χ4v) is 3.26. The van der Waals surface area contributed by atoms with E-state index in [-0.39, 0.29) is 17.7 Å². The number of carbonyl (C=O) groups is 2. The van der Waals surface area contributed by atoms with Gasteiger partial charge in [-0.25, -0.2) is 4.98 Å². The van der Waals surface area contributed by atoms with Gasteiger partial charge in [0.05, 0.1) is 5.92 Å². The lowest BCUT2D eigenvalue weighted by molar-refractivity contribution is -0.121. The Morgan fingerprint density at radius 3 is 2.81 bits per heavy atom. The monoisotopic (exact) mass is 352 g/mol. The Kier molecular flexibility index (Phi) is 5.21. The maximum absolute atomic E-state index is 12.9. The van der Waals surface area contributed by atoms with Crippen molar-refractivity contribution in [2.24, 2.45) is 5.92 Å². The number of nitrogens with two attached hydrogens (primary N) is 1. The number of aromatic nitrogens is 1. The predicted octanol–water partition coefficient (Wildman–Crippen LogP) is 2.77. The Balaban J connectivity index is 1.69. The summed E-state index contributed by atoms with van der Waals surface area (Å²) in [6.07, 6.45) is 1.56. The molecule has 6 nitrogen and oxygen atoms in total. The molecule has 0 spiro atoms. The fraction of sp³-hybridized carbons (Fsp3) is 0.350. The molecule has 6 heteroatoms. The zero-order valence-electron chi connectivity index (χ0n) is 15.2. The van der Waals surface area contributed by atoms with Gasteiger partial charge < -0.3 is 16.0 Å². The van der Waals surface area contributed by atoms with Crippen molar-refractivity contribution in [3.05, 3.63) is 53.2 Å². The lowest BCUT2D eigenvalue weighted by Crippen LogP contribution is -2.44. The molecule has 2 aromatic rings. The van der Waals surface area contributed by atoms with Crippen LogP contribution in [-0.4, -0.2) is 34.8 Å². The molecule has 1 unspecified atom stereocenters. The number of nitrogens with one attached hydrogen (secondary N) is 1. The first-order valence-corrected chi connectivity index (χ1v) is 8.84. The third-order valence-corrected chi connectivity index (χ3v) is 4.71. The number of piperidine rings is 1. The summed E-state index contributed by atoms with van der Waals surface area (Å²) in [6.45, 7) is 4.83. The number of nitrogen functional groups attached to an aromatic ring is 1. The van der Waals surface area contributed by atoms with E-state index in [0.717, 1.165) is 24.1 Å². The van der Waals surface area contributed by atoms with Crippen molar-refractivity contribution < 1.29 is 9.59 Å². The van der Waals surface area contributed by atoms with Gasteiger partial charge in [0.1, 0.15) is 5.82 Å². The van der Waals surface area contributed by atoms with Crippen LogP contribution in [0.5, 0.6) is 0 Å². The van der Waals surface area contributed by atoms with Gasteiger partial charge in [-0.15, -0.1) is 0 Å². The number of anilines is 2. The summed E-state index contributed by atoms with van der Waals surface area (Å²) in [4.78, 5) is 31.5. The van der Waals surface area contributed by atoms with Crippen LogP contribution in [0.15, 0.2) is 36.4 Å². The summed E-state index contributed by atoms with van der Waals surface area (Å²) >= 11 is 0. The summed E-state index contributed by atoms with van der Waals surface area (Å²) in [5, 5.41) is 2.86. The highest BCUT2D eigenvalue weighted by molar-refractivity contribution is 5.97. The highest BCUT2D eigenvalue weighted by Gasteiger charge is 2.29. The normalized spacial score (nSPS) is 17.0. The topological polar surface area (TPSA) is 88.3 Å². The number of aryl methyl sites for hydroxylation is 2. The Hall–Kier alpha value is -2.89. The molecule has 1 saturated heterocycles. The number of hydrogen-bond donors (Lipinski definition) is 2. The number of carbonyl (C=O) groups excluding carboxylic acids is 2. The molecule has 26 heavy (non-hydrogen) atoms. The van der Waals surface area contributed by atoms with E-state index in [2.05, 4.69) is 10.3 Å². The number of pyridine rings is 1. The van der Waals surface area contributed by atoms with Gasteiger partial charge in [0.25, 0.3) is 5.91 Å². The minimum atomic E-state index is -0.239. The predicted molar refractivity (Wildman–Crippen MR) is 102 cm³/mol. The number of benzene rings is 1. The molecule has 136 valence electrons. The molecule has 2 amide bonds. The van der Waals surface area contributed by atoms with Crippen LogP contribution in [-0.2, 0) is 4.79 Å². The maximum atomic E-state index is 12.9. The van der Waals surface area contributed by atoms with E-state index in [1.54, 1.807) is 23.1 Å². The van der Waals surface area contributed by atoms with Crippen molar-refractivity contribution in [1.29, 1.82) is 0 Å². The second-order valence-corrected chi connectivity index (χ2v) is 6.82. The second-order valence-electron chi connectivity index (χ2n) is 6.82. The van der Waals surface area contributed by atoms with Crippen LogP contribution in [0, 0.1) is 19.8 Å². The Morgan fingerprint density at radius 2 is 2.04 bits per heavy atom. The van der Waals surface area contributed by atoms with E-state index in [1.807, 2.05) is 32.0 Å². The lowest BCUT2D eigenvalue weighted by Gasteiger charge is -2.32. The molecule has 1 aliphatic heterocycles. The average Bonchev–Trinajstić information content (AvgIpc) is 2.63. The Morgan fingerprint density at radius 1 is 1.23 bits per heavy atom. The quantitative estimate of drug-likeness (QED) is 0.832. The van der Waals surface area contributed by atoms with E-state index in [0.29, 0.717) is 30.2 Å². The minimum Gasteiger partial charge on any atom is -0.399 e. The van der Waals surface area contributed by atoms with Crippen molar-refractivity contribution in [3.63, 3.8) is 0 Å². The van der Waals surface area contributed by atoms with E-state index in [9.17, 15) is 9.59 Å². The van der Waals surface area contributed by atoms with Gasteiger partial charge in [0.15, 0.2) is 0 Å². The van der Waals surface area contributed by atoms with Gasteiger partial charge in [0, 0.05) is 30.0 Å². The molecular formula is C20H24N4O2. The molecule has 1 atom stereocenters. The molecule has 1 fully saturated rings. The summed E-state index contributed by atoms with van der Waals surface area (Å²) in [6, 6.07) is 10.8.